The van der Waals surface area contributed by atoms with Gasteiger partial charge in [-0.1, -0.05) is 43.2 Å². The van der Waals surface area contributed by atoms with Crippen LogP contribution in [0, 0.1) is 17.6 Å². The molecule has 0 unspecified atom stereocenters. The number of nitrogens with zero attached hydrogens (tertiary/aromatic N) is 2. The van der Waals surface area contributed by atoms with Gasteiger partial charge in [0.1, 0.15) is 29.8 Å². The van der Waals surface area contributed by atoms with E-state index in [9.17, 15) is 23.2 Å². The summed E-state index contributed by atoms with van der Waals surface area (Å²) in [6.07, 6.45) is 4.16. The Morgan fingerprint density at radius 3 is 2.36 bits per heavy atom. The maximum Gasteiger partial charge on any atom is 0.248 e. The quantitative estimate of drug-likeness (QED) is 0.551. The molecule has 5 atom stereocenters. The lowest BCUT2D eigenvalue weighted by atomic mass is 9.91. The van der Waals surface area contributed by atoms with Crippen LogP contribution in [0.3, 0.4) is 0 Å². The first-order valence-electron chi connectivity index (χ1n) is 13.8. The van der Waals surface area contributed by atoms with Crippen molar-refractivity contribution in [2.45, 2.75) is 82.2 Å². The summed E-state index contributed by atoms with van der Waals surface area (Å²) in [5.74, 6) is -2.93. The van der Waals surface area contributed by atoms with Crippen LogP contribution < -0.4 is 5.73 Å². The Morgan fingerprint density at radius 2 is 1.72 bits per heavy atom. The molecule has 2 aromatic rings. The molecule has 0 spiro atoms. The molecule has 39 heavy (non-hydrogen) atoms. The smallest absolute Gasteiger partial charge is 0.248 e. The van der Waals surface area contributed by atoms with E-state index in [1.165, 1.54) is 11.8 Å². The van der Waals surface area contributed by atoms with Crippen LogP contribution in [0.4, 0.5) is 8.78 Å². The second kappa shape index (κ2) is 11.4. The highest BCUT2D eigenvalue weighted by Gasteiger charge is 2.51. The number of primary amides is 1. The zero-order valence-electron chi connectivity index (χ0n) is 22.1. The lowest BCUT2D eigenvalue weighted by Gasteiger charge is -2.40. The highest BCUT2D eigenvalue weighted by molar-refractivity contribution is 5.93. The van der Waals surface area contributed by atoms with E-state index in [1.54, 1.807) is 0 Å². The molecule has 1 aliphatic heterocycles. The predicted molar refractivity (Wildman–Crippen MR) is 140 cm³/mol. The maximum absolute atomic E-state index is 14.6. The van der Waals surface area contributed by atoms with E-state index >= 15 is 0 Å². The van der Waals surface area contributed by atoms with Gasteiger partial charge in [0, 0.05) is 12.6 Å². The molecule has 2 N–H and O–H groups in total. The van der Waals surface area contributed by atoms with Crippen molar-refractivity contribution in [3.63, 3.8) is 0 Å². The van der Waals surface area contributed by atoms with Gasteiger partial charge in [-0.3, -0.25) is 14.4 Å². The topological polar surface area (TPSA) is 92.9 Å². The van der Waals surface area contributed by atoms with Crippen LogP contribution in [0.15, 0.2) is 48.5 Å². The molecule has 208 valence electrons. The minimum Gasteiger partial charge on any atom is -0.368 e. The maximum atomic E-state index is 14.6. The van der Waals surface area contributed by atoms with Crippen molar-refractivity contribution in [1.82, 2.24) is 9.80 Å². The highest BCUT2D eigenvalue weighted by Crippen LogP contribution is 2.41. The van der Waals surface area contributed by atoms with E-state index in [-0.39, 0.29) is 23.6 Å². The number of hydrogen-bond acceptors (Lipinski definition) is 4. The molecular weight excluding hydrogens is 504 g/mol. The summed E-state index contributed by atoms with van der Waals surface area (Å²) in [5, 5.41) is 0. The molecule has 2 aliphatic carbocycles. The Morgan fingerprint density at radius 1 is 1.05 bits per heavy atom. The predicted octanol–water partition coefficient (Wildman–Crippen LogP) is 3.90. The Hall–Kier alpha value is -3.33. The van der Waals surface area contributed by atoms with Gasteiger partial charge < -0.3 is 20.3 Å². The van der Waals surface area contributed by atoms with Crippen molar-refractivity contribution in [1.29, 1.82) is 0 Å². The van der Waals surface area contributed by atoms with E-state index in [2.05, 4.69) is 0 Å². The highest BCUT2D eigenvalue weighted by atomic mass is 19.1. The van der Waals surface area contributed by atoms with Gasteiger partial charge in [-0.25, -0.2) is 8.78 Å². The molecule has 2 aromatic carbocycles. The SMILES string of the molecule is C[C@@H](C(N)=O)N(C(=O)Cc1cc(F)cc(F)c1)[C@@H]1C(=O)N(CC2CC2)[C@H]2CCCC[C@@H]2O[C@@H]1c1ccccc1. The molecule has 1 saturated heterocycles. The van der Waals surface area contributed by atoms with Gasteiger partial charge in [-0.05, 0) is 61.8 Å². The molecule has 0 aromatic heterocycles. The fourth-order valence-electron chi connectivity index (χ4n) is 6.02. The Balaban J connectivity index is 1.60. The number of ether oxygens (including phenoxy) is 1. The third kappa shape index (κ3) is 5.98. The number of halogens is 2. The summed E-state index contributed by atoms with van der Waals surface area (Å²) in [6, 6.07) is 9.63. The summed E-state index contributed by atoms with van der Waals surface area (Å²) in [4.78, 5) is 44.1. The number of rotatable bonds is 8. The van der Waals surface area contributed by atoms with Crippen LogP contribution in [0.25, 0.3) is 0 Å². The molecule has 5 rings (SSSR count). The zero-order valence-corrected chi connectivity index (χ0v) is 22.1. The van der Waals surface area contributed by atoms with Crippen LogP contribution in [0.5, 0.6) is 0 Å². The van der Waals surface area contributed by atoms with Crippen molar-refractivity contribution < 1.29 is 27.9 Å². The van der Waals surface area contributed by atoms with Gasteiger partial charge in [0.05, 0.1) is 18.6 Å². The first kappa shape index (κ1) is 27.2. The summed E-state index contributed by atoms with van der Waals surface area (Å²) in [6.45, 7) is 2.05. The number of carbonyl (C=O) groups is 3. The van der Waals surface area contributed by atoms with E-state index in [0.29, 0.717) is 18.0 Å². The summed E-state index contributed by atoms with van der Waals surface area (Å²) in [5.41, 5.74) is 6.52. The summed E-state index contributed by atoms with van der Waals surface area (Å²) in [7, 11) is 0. The standard InChI is InChI=1S/C30H35F2N3O4/c1-18(29(33)37)35(26(36)15-20-13-22(31)16-23(32)14-20)27-28(21-7-3-2-4-8-21)39-25-10-6-5-9-24(25)34(30(27)38)17-19-11-12-19/h2-4,7-8,13-14,16,18-19,24-25,27-28H,5-6,9-12,15,17H2,1H3,(H2,33,37)/t18-,24-,25-,27-,28+/m0/s1. The Kier molecular flexibility index (Phi) is 7.98. The van der Waals surface area contributed by atoms with Gasteiger partial charge in [-0.2, -0.15) is 0 Å². The van der Waals surface area contributed by atoms with Crippen LogP contribution in [0.2, 0.25) is 0 Å². The molecule has 3 aliphatic rings. The molecular formula is C30H35F2N3O4. The Bertz CT molecular complexity index is 1200. The molecule has 0 bridgehead atoms. The first-order valence-corrected chi connectivity index (χ1v) is 13.8. The number of fused-ring (bicyclic) bond motifs is 1. The molecule has 0 radical (unpaired) electrons. The fourth-order valence-corrected chi connectivity index (χ4v) is 6.02. The van der Waals surface area contributed by atoms with Crippen molar-refractivity contribution in [2.24, 2.45) is 11.7 Å². The lowest BCUT2D eigenvalue weighted by Crippen LogP contribution is -2.60. The van der Waals surface area contributed by atoms with Crippen molar-refractivity contribution in [3.8, 4) is 0 Å². The van der Waals surface area contributed by atoms with Gasteiger partial charge in [0.2, 0.25) is 17.7 Å². The van der Waals surface area contributed by atoms with E-state index in [0.717, 1.165) is 56.7 Å². The normalized spacial score (nSPS) is 25.9. The molecule has 3 fully saturated rings. The lowest BCUT2D eigenvalue weighted by molar-refractivity contribution is -0.154. The van der Waals surface area contributed by atoms with E-state index in [4.69, 9.17) is 10.5 Å². The van der Waals surface area contributed by atoms with Crippen molar-refractivity contribution in [2.75, 3.05) is 6.54 Å². The summed E-state index contributed by atoms with van der Waals surface area (Å²) < 4.78 is 34.6. The van der Waals surface area contributed by atoms with Crippen LogP contribution in [-0.2, 0) is 25.5 Å². The van der Waals surface area contributed by atoms with Gasteiger partial charge in [0.25, 0.3) is 0 Å². The zero-order chi connectivity index (χ0) is 27.7. The third-order valence-corrected chi connectivity index (χ3v) is 8.19. The van der Waals surface area contributed by atoms with Crippen molar-refractivity contribution in [3.05, 3.63) is 71.3 Å². The number of nitrogens with two attached hydrogens (primary N) is 1. The minimum atomic E-state index is -1.18. The van der Waals surface area contributed by atoms with E-state index < -0.39 is 48.1 Å². The second-order valence-corrected chi connectivity index (χ2v) is 11.1. The summed E-state index contributed by atoms with van der Waals surface area (Å²) >= 11 is 0. The molecule has 3 amide bonds. The fraction of sp³-hybridized carbons (Fsp3) is 0.500. The van der Waals surface area contributed by atoms with Gasteiger partial charge in [-0.15, -0.1) is 0 Å². The van der Waals surface area contributed by atoms with Gasteiger partial charge >= 0.3 is 0 Å². The molecule has 1 heterocycles. The minimum absolute atomic E-state index is 0.0981. The average Bonchev–Trinajstić information content (AvgIpc) is 3.73. The molecule has 2 saturated carbocycles. The van der Waals surface area contributed by atoms with E-state index in [1.807, 2.05) is 35.2 Å². The number of benzene rings is 2. The van der Waals surface area contributed by atoms with Gasteiger partial charge in [0.15, 0.2) is 0 Å². The number of hydrogen-bond donors (Lipinski definition) is 1. The first-order chi connectivity index (χ1) is 18.7. The number of carbonyl (C=O) groups excluding carboxylic acids is 3. The van der Waals surface area contributed by atoms with Crippen LogP contribution >= 0.6 is 0 Å². The number of amides is 3. The van der Waals surface area contributed by atoms with Crippen LogP contribution in [0.1, 0.15) is 62.7 Å². The van der Waals surface area contributed by atoms with Crippen LogP contribution in [-0.4, -0.2) is 58.3 Å². The third-order valence-electron chi connectivity index (χ3n) is 8.19. The molecule has 7 nitrogen and oxygen atoms in total. The monoisotopic (exact) mass is 539 g/mol. The van der Waals surface area contributed by atoms with Crippen molar-refractivity contribution >= 4 is 17.7 Å². The molecule has 9 heteroatoms. The second-order valence-electron chi connectivity index (χ2n) is 11.1. The average molecular weight is 540 g/mol. The Labute approximate surface area is 227 Å². The largest absolute Gasteiger partial charge is 0.368 e.